The van der Waals surface area contributed by atoms with Gasteiger partial charge in [-0.1, -0.05) is 37.0 Å². The third-order valence-electron chi connectivity index (χ3n) is 5.60. The topological polar surface area (TPSA) is 57.9 Å². The zero-order valence-corrected chi connectivity index (χ0v) is 18.5. The van der Waals surface area contributed by atoms with Gasteiger partial charge in [0, 0.05) is 25.3 Å². The number of anilines is 1. The number of rotatable bonds is 4. The van der Waals surface area contributed by atoms with E-state index in [1.165, 1.54) is 11.8 Å². The van der Waals surface area contributed by atoms with Crippen LogP contribution in [0.4, 0.5) is 5.82 Å². The number of nitrogens with zero attached hydrogens (tertiary/aromatic N) is 4. The van der Waals surface area contributed by atoms with Crippen LogP contribution in [0.5, 0.6) is 0 Å². The van der Waals surface area contributed by atoms with E-state index in [2.05, 4.69) is 4.90 Å². The standard InChI is InChI=1S/C21H24N4O2S2/c1-4-14(3)25-20(27)16(29-21(25)28)12-15-18(23-9-5-6-10-23)22-17-13(2)8-7-11-24(17)19(15)26/h7-8,11-12,14H,4-6,9-10H2,1-3H3/b16-12-/t14-/m1/s1. The first-order valence-electron chi connectivity index (χ1n) is 9.96. The molecule has 6 nitrogen and oxygen atoms in total. The summed E-state index contributed by atoms with van der Waals surface area (Å²) in [4.78, 5) is 35.5. The average Bonchev–Trinajstić information content (AvgIpc) is 3.32. The molecule has 2 aromatic rings. The molecule has 2 aliphatic heterocycles. The van der Waals surface area contributed by atoms with Gasteiger partial charge in [-0.05, 0) is 50.8 Å². The Hall–Kier alpha value is -2.19. The smallest absolute Gasteiger partial charge is 0.267 e. The van der Waals surface area contributed by atoms with Crippen LogP contribution in [0.25, 0.3) is 11.7 Å². The van der Waals surface area contributed by atoms with Gasteiger partial charge in [-0.25, -0.2) is 4.98 Å². The first kappa shape index (κ1) is 20.1. The Balaban J connectivity index is 1.89. The number of thioether (sulfide) groups is 1. The second-order valence-corrected chi connectivity index (χ2v) is 9.22. The zero-order valence-electron chi connectivity index (χ0n) is 16.8. The number of fused-ring (bicyclic) bond motifs is 1. The normalized spacial score (nSPS) is 19.8. The Bertz CT molecular complexity index is 1090. The van der Waals surface area contributed by atoms with Gasteiger partial charge in [-0.15, -0.1) is 0 Å². The fourth-order valence-electron chi connectivity index (χ4n) is 3.77. The van der Waals surface area contributed by atoms with Crippen molar-refractivity contribution < 1.29 is 4.79 Å². The second kappa shape index (κ2) is 7.91. The molecule has 0 saturated carbocycles. The largest absolute Gasteiger partial charge is 0.356 e. The highest BCUT2D eigenvalue weighted by Gasteiger charge is 2.35. The van der Waals surface area contributed by atoms with E-state index in [-0.39, 0.29) is 17.5 Å². The molecular formula is C21H24N4O2S2. The Kier molecular flexibility index (Phi) is 5.48. The highest BCUT2D eigenvalue weighted by atomic mass is 32.2. The predicted molar refractivity (Wildman–Crippen MR) is 122 cm³/mol. The van der Waals surface area contributed by atoms with E-state index >= 15 is 0 Å². The van der Waals surface area contributed by atoms with Gasteiger partial charge in [0.05, 0.1) is 10.5 Å². The molecule has 8 heteroatoms. The summed E-state index contributed by atoms with van der Waals surface area (Å²) >= 11 is 6.70. The van der Waals surface area contributed by atoms with Crippen LogP contribution in [0.1, 0.15) is 44.2 Å². The van der Waals surface area contributed by atoms with E-state index in [4.69, 9.17) is 17.2 Å². The van der Waals surface area contributed by atoms with E-state index in [0.717, 1.165) is 37.9 Å². The van der Waals surface area contributed by atoms with Gasteiger partial charge in [-0.2, -0.15) is 0 Å². The molecule has 0 bridgehead atoms. The number of amides is 1. The lowest BCUT2D eigenvalue weighted by atomic mass is 10.2. The van der Waals surface area contributed by atoms with Crippen LogP contribution in [0.15, 0.2) is 28.0 Å². The zero-order chi connectivity index (χ0) is 20.7. The van der Waals surface area contributed by atoms with Gasteiger partial charge in [0.25, 0.3) is 11.5 Å². The molecule has 0 spiro atoms. The molecule has 152 valence electrons. The number of carbonyl (C=O) groups is 1. The first-order chi connectivity index (χ1) is 13.9. The lowest BCUT2D eigenvalue weighted by Crippen LogP contribution is -2.36. The average molecular weight is 429 g/mol. The monoisotopic (exact) mass is 428 g/mol. The molecule has 2 aromatic heterocycles. The van der Waals surface area contributed by atoms with Gasteiger partial charge >= 0.3 is 0 Å². The van der Waals surface area contributed by atoms with Gasteiger partial charge < -0.3 is 4.90 Å². The third-order valence-corrected chi connectivity index (χ3v) is 6.93. The summed E-state index contributed by atoms with van der Waals surface area (Å²) in [7, 11) is 0. The minimum absolute atomic E-state index is 0.0323. The van der Waals surface area contributed by atoms with Crippen LogP contribution < -0.4 is 10.5 Å². The maximum Gasteiger partial charge on any atom is 0.267 e. The molecular weight excluding hydrogens is 404 g/mol. The summed E-state index contributed by atoms with van der Waals surface area (Å²) in [6.07, 6.45) is 6.39. The highest BCUT2D eigenvalue weighted by molar-refractivity contribution is 8.26. The van der Waals surface area contributed by atoms with Crippen molar-refractivity contribution in [1.82, 2.24) is 14.3 Å². The van der Waals surface area contributed by atoms with Crippen molar-refractivity contribution >= 4 is 51.7 Å². The predicted octanol–water partition coefficient (Wildman–Crippen LogP) is 3.60. The molecule has 29 heavy (non-hydrogen) atoms. The third kappa shape index (κ3) is 3.48. The van der Waals surface area contributed by atoms with Crippen molar-refractivity contribution in [2.24, 2.45) is 0 Å². The van der Waals surface area contributed by atoms with Crippen LogP contribution in [0.2, 0.25) is 0 Å². The van der Waals surface area contributed by atoms with Crippen molar-refractivity contribution in [2.45, 2.75) is 46.1 Å². The van der Waals surface area contributed by atoms with Crippen LogP contribution in [0, 0.1) is 6.92 Å². The summed E-state index contributed by atoms with van der Waals surface area (Å²) in [6, 6.07) is 3.82. The van der Waals surface area contributed by atoms with Gasteiger partial charge in [0.2, 0.25) is 0 Å². The van der Waals surface area contributed by atoms with E-state index in [1.54, 1.807) is 21.6 Å². The maximum absolute atomic E-state index is 13.4. The van der Waals surface area contributed by atoms with Crippen molar-refractivity contribution in [2.75, 3.05) is 18.0 Å². The van der Waals surface area contributed by atoms with Crippen molar-refractivity contribution in [3.63, 3.8) is 0 Å². The van der Waals surface area contributed by atoms with Crippen LogP contribution >= 0.6 is 24.0 Å². The molecule has 1 amide bonds. The SMILES string of the molecule is CC[C@@H](C)N1C(=O)/C(=C/c2c(N3CCCC3)nc3c(C)cccn3c2=O)SC1=S. The molecule has 1 atom stereocenters. The maximum atomic E-state index is 13.4. The van der Waals surface area contributed by atoms with Crippen LogP contribution in [0.3, 0.4) is 0 Å². The number of pyridine rings is 1. The molecule has 2 saturated heterocycles. The van der Waals surface area contributed by atoms with Crippen molar-refractivity contribution in [1.29, 1.82) is 0 Å². The molecule has 0 unspecified atom stereocenters. The van der Waals surface area contributed by atoms with Crippen LogP contribution in [-0.2, 0) is 4.79 Å². The Morgan fingerprint density at radius 3 is 2.72 bits per heavy atom. The molecule has 4 heterocycles. The van der Waals surface area contributed by atoms with E-state index in [0.29, 0.717) is 26.3 Å². The minimum atomic E-state index is -0.158. The molecule has 0 N–H and O–H groups in total. The molecule has 2 fully saturated rings. The molecule has 0 aliphatic carbocycles. The van der Waals surface area contributed by atoms with Crippen LogP contribution in [-0.4, -0.2) is 43.6 Å². The lowest BCUT2D eigenvalue weighted by molar-refractivity contribution is -0.123. The Morgan fingerprint density at radius 1 is 1.31 bits per heavy atom. The second-order valence-electron chi connectivity index (χ2n) is 7.54. The van der Waals surface area contributed by atoms with Gasteiger partial charge in [0.15, 0.2) is 0 Å². The summed E-state index contributed by atoms with van der Waals surface area (Å²) in [5, 5.41) is 0. The van der Waals surface area contributed by atoms with E-state index < -0.39 is 0 Å². The highest BCUT2D eigenvalue weighted by Crippen LogP contribution is 2.35. The van der Waals surface area contributed by atoms with Gasteiger partial charge in [0.1, 0.15) is 15.8 Å². The number of hydrogen-bond donors (Lipinski definition) is 0. The number of aryl methyl sites for hydroxylation is 1. The molecule has 0 radical (unpaired) electrons. The first-order valence-corrected chi connectivity index (χ1v) is 11.2. The van der Waals surface area contributed by atoms with E-state index in [9.17, 15) is 9.59 Å². The van der Waals surface area contributed by atoms with Crippen molar-refractivity contribution in [3.05, 3.63) is 44.7 Å². The summed E-state index contributed by atoms with van der Waals surface area (Å²) in [5.74, 6) is 0.533. The fourth-order valence-corrected chi connectivity index (χ4v) is 5.21. The van der Waals surface area contributed by atoms with Gasteiger partial charge in [-0.3, -0.25) is 18.9 Å². The van der Waals surface area contributed by atoms with Crippen molar-refractivity contribution in [3.8, 4) is 0 Å². The number of aromatic nitrogens is 2. The van der Waals surface area contributed by atoms with E-state index in [1.807, 2.05) is 32.9 Å². The lowest BCUT2D eigenvalue weighted by Gasteiger charge is -2.21. The summed E-state index contributed by atoms with van der Waals surface area (Å²) in [5.41, 5.74) is 1.90. The Morgan fingerprint density at radius 2 is 2.03 bits per heavy atom. The fraction of sp³-hybridized carbons (Fsp3) is 0.429. The molecule has 0 aromatic carbocycles. The minimum Gasteiger partial charge on any atom is -0.356 e. The summed E-state index contributed by atoms with van der Waals surface area (Å²) < 4.78 is 2.11. The number of hydrogen-bond acceptors (Lipinski definition) is 6. The summed E-state index contributed by atoms with van der Waals surface area (Å²) in [6.45, 7) is 7.69. The molecule has 4 rings (SSSR count). The number of thiocarbonyl (C=S) groups is 1. The Labute approximate surface area is 179 Å². The molecule has 2 aliphatic rings. The number of carbonyl (C=O) groups excluding carboxylic acids is 1. The quantitative estimate of drug-likeness (QED) is 0.548.